The average molecular weight is 265 g/mol. The summed E-state index contributed by atoms with van der Waals surface area (Å²) in [6.07, 6.45) is 3.50. The Bertz CT molecular complexity index is 364. The molecule has 0 aliphatic rings. The lowest BCUT2D eigenvalue weighted by atomic mass is 9.87. The van der Waals surface area contributed by atoms with Gasteiger partial charge in [0.2, 0.25) is 5.91 Å². The van der Waals surface area contributed by atoms with Crippen LogP contribution < -0.4 is 0 Å². The molecule has 0 N–H and O–H groups in total. The van der Waals surface area contributed by atoms with Crippen LogP contribution in [0.4, 0.5) is 0 Å². The molecule has 0 unspecified atom stereocenters. The molecule has 0 fully saturated rings. The molecule has 110 valence electrons. The van der Waals surface area contributed by atoms with E-state index in [4.69, 9.17) is 0 Å². The van der Waals surface area contributed by atoms with E-state index >= 15 is 0 Å². The quantitative estimate of drug-likeness (QED) is 0.661. The molecule has 0 spiro atoms. The first-order valence-corrected chi connectivity index (χ1v) is 7.12. The fourth-order valence-electron chi connectivity index (χ4n) is 1.96. The minimum Gasteiger partial charge on any atom is -0.311 e. The maximum Gasteiger partial charge on any atom is 0.227 e. The third kappa shape index (κ3) is 5.63. The normalized spacial score (nSPS) is 13.4. The van der Waals surface area contributed by atoms with E-state index in [2.05, 4.69) is 48.1 Å². The Labute approximate surface area is 119 Å². The molecule has 0 saturated carbocycles. The molecule has 0 aliphatic heterocycles. The smallest absolute Gasteiger partial charge is 0.227 e. The largest absolute Gasteiger partial charge is 0.311 e. The second-order valence-electron chi connectivity index (χ2n) is 7.21. The molecule has 0 aromatic rings. The van der Waals surface area contributed by atoms with Gasteiger partial charge in [0.25, 0.3) is 0 Å². The minimum atomic E-state index is -0.203. The number of carbonyl (C=O) groups is 1. The second-order valence-corrected chi connectivity index (χ2v) is 7.21. The molecule has 2 nitrogen and oxygen atoms in total. The molecule has 2 heteroatoms. The fourth-order valence-corrected chi connectivity index (χ4v) is 1.96. The fraction of sp³-hybridized carbons (Fsp3) is 0.706. The highest BCUT2D eigenvalue weighted by atomic mass is 16.2. The first kappa shape index (κ1) is 17.9. The van der Waals surface area contributed by atoms with Crippen LogP contribution in [0.15, 0.2) is 23.9 Å². The van der Waals surface area contributed by atoms with Crippen LogP contribution in [0.2, 0.25) is 0 Å². The lowest BCUT2D eigenvalue weighted by Gasteiger charge is -2.37. The van der Waals surface area contributed by atoms with Crippen molar-refractivity contribution in [2.75, 3.05) is 0 Å². The molecule has 0 aromatic carbocycles. The van der Waals surface area contributed by atoms with E-state index in [1.54, 1.807) is 0 Å². The summed E-state index contributed by atoms with van der Waals surface area (Å²) in [4.78, 5) is 14.2. The second kappa shape index (κ2) is 6.40. The highest BCUT2D eigenvalue weighted by Gasteiger charge is 2.27. The van der Waals surface area contributed by atoms with Crippen LogP contribution in [-0.4, -0.2) is 16.3 Å². The van der Waals surface area contributed by atoms with E-state index < -0.39 is 0 Å². The monoisotopic (exact) mass is 265 g/mol. The summed E-state index contributed by atoms with van der Waals surface area (Å²) in [7, 11) is 0. The standard InChI is InChI=1S/C17H31NO/c1-10-11-15(19)18(17(7,8)9)14(3)12-13(2)16(4,5)6/h12H,2,10-11H2,1,3-9H3/b14-12+. The average Bonchev–Trinajstić information content (AvgIpc) is 2.13. The highest BCUT2D eigenvalue weighted by Crippen LogP contribution is 2.28. The van der Waals surface area contributed by atoms with Crippen molar-refractivity contribution in [3.05, 3.63) is 23.9 Å². The van der Waals surface area contributed by atoms with Crippen LogP contribution in [-0.2, 0) is 4.79 Å². The maximum absolute atomic E-state index is 12.3. The van der Waals surface area contributed by atoms with Crippen LogP contribution in [0.1, 0.15) is 68.2 Å². The van der Waals surface area contributed by atoms with Crippen molar-refractivity contribution in [1.29, 1.82) is 0 Å². The van der Waals surface area contributed by atoms with E-state index in [1.165, 1.54) is 0 Å². The summed E-state index contributed by atoms with van der Waals surface area (Å²) in [6, 6.07) is 0. The van der Waals surface area contributed by atoms with Crippen molar-refractivity contribution < 1.29 is 4.79 Å². The van der Waals surface area contributed by atoms with E-state index in [9.17, 15) is 4.79 Å². The summed E-state index contributed by atoms with van der Waals surface area (Å²) in [5, 5.41) is 0. The van der Waals surface area contributed by atoms with Crippen molar-refractivity contribution in [2.45, 2.75) is 73.8 Å². The van der Waals surface area contributed by atoms with Gasteiger partial charge in [0, 0.05) is 17.7 Å². The first-order chi connectivity index (χ1) is 8.41. The van der Waals surface area contributed by atoms with Crippen LogP contribution in [0.3, 0.4) is 0 Å². The number of carbonyl (C=O) groups excluding carboxylic acids is 1. The van der Waals surface area contributed by atoms with Gasteiger partial charge in [-0.3, -0.25) is 4.79 Å². The topological polar surface area (TPSA) is 20.3 Å². The number of rotatable bonds is 4. The van der Waals surface area contributed by atoms with E-state index in [0.29, 0.717) is 6.42 Å². The van der Waals surface area contributed by atoms with Crippen molar-refractivity contribution >= 4 is 5.91 Å². The lowest BCUT2D eigenvalue weighted by molar-refractivity contribution is -0.133. The SMILES string of the molecule is C=C(/C=C(\C)N(C(=O)CCC)C(C)(C)C)C(C)(C)C. The third-order valence-electron chi connectivity index (χ3n) is 3.08. The summed E-state index contributed by atoms with van der Waals surface area (Å²) in [6.45, 7) is 20.8. The number of hydrogen-bond acceptors (Lipinski definition) is 1. The molecule has 0 saturated heterocycles. The number of nitrogens with zero attached hydrogens (tertiary/aromatic N) is 1. The maximum atomic E-state index is 12.3. The molecule has 0 bridgehead atoms. The van der Waals surface area contributed by atoms with Crippen molar-refractivity contribution in [1.82, 2.24) is 4.90 Å². The van der Waals surface area contributed by atoms with Crippen LogP contribution in [0.5, 0.6) is 0 Å². The molecule has 0 rings (SSSR count). The molecule has 0 heterocycles. The van der Waals surface area contributed by atoms with Crippen molar-refractivity contribution in [3.63, 3.8) is 0 Å². The first-order valence-electron chi connectivity index (χ1n) is 7.12. The number of amides is 1. The van der Waals surface area contributed by atoms with E-state index in [1.807, 2.05) is 24.8 Å². The van der Waals surface area contributed by atoms with Gasteiger partial charge >= 0.3 is 0 Å². The molecule has 0 atom stereocenters. The van der Waals surface area contributed by atoms with Crippen LogP contribution in [0.25, 0.3) is 0 Å². The van der Waals surface area contributed by atoms with Gasteiger partial charge in [0.1, 0.15) is 0 Å². The van der Waals surface area contributed by atoms with E-state index in [0.717, 1.165) is 17.7 Å². The number of allylic oxidation sites excluding steroid dienone is 3. The Morgan fingerprint density at radius 3 is 1.95 bits per heavy atom. The van der Waals surface area contributed by atoms with Crippen molar-refractivity contribution in [3.8, 4) is 0 Å². The van der Waals surface area contributed by atoms with Gasteiger partial charge in [0.05, 0.1) is 0 Å². The predicted octanol–water partition coefficient (Wildman–Crippen LogP) is 4.92. The zero-order valence-electron chi connectivity index (χ0n) is 14.1. The Kier molecular flexibility index (Phi) is 6.05. The summed E-state index contributed by atoms with van der Waals surface area (Å²) in [5.74, 6) is 0.186. The van der Waals surface area contributed by atoms with Gasteiger partial charge in [-0.2, -0.15) is 0 Å². The molecule has 1 amide bonds. The lowest BCUT2D eigenvalue weighted by Crippen LogP contribution is -2.44. The van der Waals surface area contributed by atoms with Gasteiger partial charge in [-0.25, -0.2) is 0 Å². The molecule has 0 aromatic heterocycles. The molecule has 19 heavy (non-hydrogen) atoms. The Morgan fingerprint density at radius 1 is 1.16 bits per heavy atom. The summed E-state index contributed by atoms with van der Waals surface area (Å²) >= 11 is 0. The molecule has 0 aliphatic carbocycles. The van der Waals surface area contributed by atoms with Crippen molar-refractivity contribution in [2.24, 2.45) is 5.41 Å². The van der Waals surface area contributed by atoms with Crippen LogP contribution >= 0.6 is 0 Å². The number of hydrogen-bond donors (Lipinski definition) is 0. The Morgan fingerprint density at radius 2 is 1.63 bits per heavy atom. The van der Waals surface area contributed by atoms with E-state index in [-0.39, 0.29) is 16.9 Å². The van der Waals surface area contributed by atoms with Gasteiger partial charge in [0.15, 0.2) is 0 Å². The van der Waals surface area contributed by atoms with Gasteiger partial charge in [-0.15, -0.1) is 0 Å². The van der Waals surface area contributed by atoms with Gasteiger partial charge in [-0.05, 0) is 51.2 Å². The summed E-state index contributed by atoms with van der Waals surface area (Å²) in [5.41, 5.74) is 1.85. The molecular weight excluding hydrogens is 234 g/mol. The zero-order valence-corrected chi connectivity index (χ0v) is 14.1. The van der Waals surface area contributed by atoms with Crippen LogP contribution in [0, 0.1) is 5.41 Å². The molecule has 0 radical (unpaired) electrons. The zero-order chi connectivity index (χ0) is 15.4. The highest BCUT2D eigenvalue weighted by molar-refractivity contribution is 5.78. The predicted molar refractivity (Wildman–Crippen MR) is 83.9 cm³/mol. The Hall–Kier alpha value is -1.05. The minimum absolute atomic E-state index is 0.0264. The summed E-state index contributed by atoms with van der Waals surface area (Å²) < 4.78 is 0. The van der Waals surface area contributed by atoms with Gasteiger partial charge < -0.3 is 4.90 Å². The molecular formula is C17H31NO. The van der Waals surface area contributed by atoms with Gasteiger partial charge in [-0.1, -0.05) is 34.3 Å². The Balaban J connectivity index is 5.35. The third-order valence-corrected chi connectivity index (χ3v) is 3.08.